The molecule has 3 aromatic rings. The molecule has 5 rings (SSSR count). The number of nitrogens with zero attached hydrogens (tertiary/aromatic N) is 2. The third-order valence-electron chi connectivity index (χ3n) is 6.82. The van der Waals surface area contributed by atoms with Crippen LogP contribution in [0.4, 0.5) is 5.00 Å². The maximum absolute atomic E-state index is 13.2. The number of hydrogen-bond donors (Lipinski definition) is 1. The maximum Gasteiger partial charge on any atom is 0.341 e. The van der Waals surface area contributed by atoms with Crippen molar-refractivity contribution in [1.82, 2.24) is 9.21 Å². The summed E-state index contributed by atoms with van der Waals surface area (Å²) in [7, 11) is -3.66. The molecule has 3 heterocycles. The van der Waals surface area contributed by atoms with E-state index < -0.39 is 21.9 Å². The molecule has 0 saturated carbocycles. The lowest BCUT2D eigenvalue weighted by atomic mass is 10.0. The summed E-state index contributed by atoms with van der Waals surface area (Å²) in [5, 5.41) is 3.35. The van der Waals surface area contributed by atoms with Crippen molar-refractivity contribution in [3.63, 3.8) is 0 Å². The van der Waals surface area contributed by atoms with Crippen LogP contribution in [0.5, 0.6) is 0 Å². The number of amides is 1. The van der Waals surface area contributed by atoms with Crippen molar-refractivity contribution < 1.29 is 27.5 Å². The highest BCUT2D eigenvalue weighted by molar-refractivity contribution is 7.89. The van der Waals surface area contributed by atoms with Crippen LogP contribution in [0.1, 0.15) is 43.6 Å². The number of hydrogen-bond acceptors (Lipinski definition) is 8. The molecule has 2 aromatic carbocycles. The molecule has 1 amide bonds. The lowest BCUT2D eigenvalue weighted by Crippen LogP contribution is -2.40. The van der Waals surface area contributed by atoms with Crippen molar-refractivity contribution in [1.29, 1.82) is 0 Å². The Hall–Kier alpha value is -3.09. The number of carbonyl (C=O) groups is 2. The molecular formula is C28H31N3O6S2. The molecule has 1 N–H and O–H groups in total. The van der Waals surface area contributed by atoms with Gasteiger partial charge in [-0.25, -0.2) is 13.2 Å². The zero-order valence-electron chi connectivity index (χ0n) is 21.7. The number of ether oxygens (including phenoxy) is 2. The Labute approximate surface area is 232 Å². The molecule has 11 heteroatoms. The highest BCUT2D eigenvalue weighted by Gasteiger charge is 2.30. The van der Waals surface area contributed by atoms with Gasteiger partial charge in [0.2, 0.25) is 10.0 Å². The van der Waals surface area contributed by atoms with Crippen LogP contribution in [0, 0.1) is 0 Å². The quantitative estimate of drug-likeness (QED) is 0.412. The second kappa shape index (κ2) is 12.0. The summed E-state index contributed by atoms with van der Waals surface area (Å²) < 4.78 is 37.8. The summed E-state index contributed by atoms with van der Waals surface area (Å²) in [6.45, 7) is 5.56. The number of carbonyl (C=O) groups excluding carboxylic acids is 2. The molecule has 0 aliphatic carbocycles. The van der Waals surface area contributed by atoms with E-state index in [1.165, 1.54) is 45.5 Å². The van der Waals surface area contributed by atoms with Gasteiger partial charge in [0.25, 0.3) is 5.91 Å². The molecular weight excluding hydrogens is 538 g/mol. The number of anilines is 1. The minimum atomic E-state index is -3.66. The summed E-state index contributed by atoms with van der Waals surface area (Å²) in [6, 6.07) is 16.1. The number of fused-ring (bicyclic) bond motifs is 1. The van der Waals surface area contributed by atoms with E-state index in [9.17, 15) is 18.0 Å². The zero-order chi connectivity index (χ0) is 27.4. The van der Waals surface area contributed by atoms with Gasteiger partial charge in [-0.2, -0.15) is 4.31 Å². The van der Waals surface area contributed by atoms with E-state index in [4.69, 9.17) is 9.47 Å². The van der Waals surface area contributed by atoms with E-state index in [1.807, 2.05) is 18.2 Å². The second-order valence-corrected chi connectivity index (χ2v) is 12.4. The van der Waals surface area contributed by atoms with Gasteiger partial charge in [0, 0.05) is 43.2 Å². The number of morpholine rings is 1. The fourth-order valence-electron chi connectivity index (χ4n) is 4.83. The predicted molar refractivity (Wildman–Crippen MR) is 149 cm³/mol. The third kappa shape index (κ3) is 6.07. The molecule has 0 radical (unpaired) electrons. The average Bonchev–Trinajstić information content (AvgIpc) is 3.31. The Morgan fingerprint density at radius 1 is 1.03 bits per heavy atom. The smallest absolute Gasteiger partial charge is 0.341 e. The molecule has 0 spiro atoms. The van der Waals surface area contributed by atoms with Crippen molar-refractivity contribution in [2.75, 3.05) is 44.8 Å². The monoisotopic (exact) mass is 569 g/mol. The summed E-state index contributed by atoms with van der Waals surface area (Å²) in [5.41, 5.74) is 2.85. The van der Waals surface area contributed by atoms with E-state index in [2.05, 4.69) is 22.3 Å². The largest absolute Gasteiger partial charge is 0.462 e. The summed E-state index contributed by atoms with van der Waals surface area (Å²) in [4.78, 5) is 29.6. The summed E-state index contributed by atoms with van der Waals surface area (Å²) >= 11 is 1.39. The van der Waals surface area contributed by atoms with Crippen LogP contribution >= 0.6 is 11.3 Å². The van der Waals surface area contributed by atoms with Gasteiger partial charge >= 0.3 is 5.97 Å². The van der Waals surface area contributed by atoms with Crippen LogP contribution in [0.2, 0.25) is 0 Å². The van der Waals surface area contributed by atoms with Crippen LogP contribution in [-0.4, -0.2) is 69.0 Å². The van der Waals surface area contributed by atoms with Gasteiger partial charge in [0.05, 0.1) is 30.3 Å². The fraction of sp³-hybridized carbons (Fsp3) is 0.357. The lowest BCUT2D eigenvalue weighted by Gasteiger charge is -2.27. The van der Waals surface area contributed by atoms with Gasteiger partial charge < -0.3 is 14.8 Å². The average molecular weight is 570 g/mol. The normalized spacial score (nSPS) is 16.4. The zero-order valence-corrected chi connectivity index (χ0v) is 23.4. The first-order valence-electron chi connectivity index (χ1n) is 12.9. The highest BCUT2D eigenvalue weighted by Crippen LogP contribution is 2.38. The minimum Gasteiger partial charge on any atom is -0.462 e. The Balaban J connectivity index is 1.34. The van der Waals surface area contributed by atoms with Gasteiger partial charge in [-0.15, -0.1) is 11.3 Å². The number of sulfonamides is 1. The highest BCUT2D eigenvalue weighted by atomic mass is 32.2. The molecule has 39 heavy (non-hydrogen) atoms. The molecule has 0 atom stereocenters. The lowest BCUT2D eigenvalue weighted by molar-refractivity contribution is 0.0526. The molecule has 2 aliphatic heterocycles. The summed E-state index contributed by atoms with van der Waals surface area (Å²) in [5.74, 6) is -0.871. The Morgan fingerprint density at radius 3 is 2.44 bits per heavy atom. The van der Waals surface area contributed by atoms with E-state index >= 15 is 0 Å². The Bertz CT molecular complexity index is 1430. The van der Waals surface area contributed by atoms with Crippen molar-refractivity contribution >= 4 is 38.2 Å². The third-order valence-corrected chi connectivity index (χ3v) is 9.86. The number of thiophene rings is 1. The first-order chi connectivity index (χ1) is 18.9. The van der Waals surface area contributed by atoms with E-state index in [0.29, 0.717) is 55.4 Å². The number of esters is 1. The van der Waals surface area contributed by atoms with E-state index in [0.717, 1.165) is 23.5 Å². The number of nitrogens with one attached hydrogen (secondary N) is 1. The van der Waals surface area contributed by atoms with Crippen LogP contribution in [-0.2, 0) is 39.0 Å². The number of benzene rings is 2. The molecule has 9 nitrogen and oxygen atoms in total. The van der Waals surface area contributed by atoms with Gasteiger partial charge in [-0.3, -0.25) is 9.69 Å². The van der Waals surface area contributed by atoms with Crippen LogP contribution in [0.3, 0.4) is 0 Å². The topological polar surface area (TPSA) is 105 Å². The van der Waals surface area contributed by atoms with Crippen molar-refractivity contribution in [3.8, 4) is 0 Å². The molecule has 0 bridgehead atoms. The van der Waals surface area contributed by atoms with Crippen LogP contribution < -0.4 is 5.32 Å². The summed E-state index contributed by atoms with van der Waals surface area (Å²) in [6.07, 6.45) is 0.677. The minimum absolute atomic E-state index is 0.123. The first kappa shape index (κ1) is 27.5. The van der Waals surface area contributed by atoms with Crippen molar-refractivity contribution in [2.24, 2.45) is 0 Å². The van der Waals surface area contributed by atoms with E-state index in [1.54, 1.807) is 6.92 Å². The van der Waals surface area contributed by atoms with E-state index in [-0.39, 0.29) is 11.5 Å². The molecule has 206 valence electrons. The Kier molecular flexibility index (Phi) is 8.43. The van der Waals surface area contributed by atoms with Gasteiger partial charge in [-0.05, 0) is 48.7 Å². The standard InChI is InChI=1S/C28H31N3O6S2/c1-2-37-28(33)25-23-12-13-30(18-20-6-4-3-5-7-20)19-24(23)38-27(25)29-26(32)21-8-10-22(11-9-21)39(34,35)31-14-16-36-17-15-31/h3-11H,2,12-19H2,1H3,(H,29,32). The Morgan fingerprint density at radius 2 is 1.74 bits per heavy atom. The molecule has 1 aromatic heterocycles. The van der Waals surface area contributed by atoms with Gasteiger partial charge in [0.1, 0.15) is 5.00 Å². The first-order valence-corrected chi connectivity index (χ1v) is 15.2. The maximum atomic E-state index is 13.2. The predicted octanol–water partition coefficient (Wildman–Crippen LogP) is 3.76. The SMILES string of the molecule is CCOC(=O)c1c(NC(=O)c2ccc(S(=O)(=O)N3CCOCC3)cc2)sc2c1CCN(Cc1ccccc1)C2. The van der Waals surface area contributed by atoms with Gasteiger partial charge in [-0.1, -0.05) is 30.3 Å². The van der Waals surface area contributed by atoms with Crippen molar-refractivity contribution in [3.05, 3.63) is 81.7 Å². The van der Waals surface area contributed by atoms with Crippen LogP contribution in [0.15, 0.2) is 59.5 Å². The number of rotatable bonds is 8. The molecule has 0 unspecified atom stereocenters. The molecule has 1 fully saturated rings. The second-order valence-electron chi connectivity index (χ2n) is 9.37. The van der Waals surface area contributed by atoms with Crippen LogP contribution in [0.25, 0.3) is 0 Å². The molecule has 2 aliphatic rings. The fourth-order valence-corrected chi connectivity index (χ4v) is 7.51. The van der Waals surface area contributed by atoms with Crippen molar-refractivity contribution in [2.45, 2.75) is 31.3 Å². The molecule has 1 saturated heterocycles. The van der Waals surface area contributed by atoms with Gasteiger partial charge in [0.15, 0.2) is 0 Å².